The molecule has 0 atom stereocenters. The molecule has 6 nitrogen and oxygen atoms in total. The van der Waals surface area contributed by atoms with Gasteiger partial charge in [-0.3, -0.25) is 14.5 Å². The number of aryl methyl sites for hydroxylation is 1. The molecule has 0 saturated heterocycles. The van der Waals surface area contributed by atoms with Gasteiger partial charge >= 0.3 is 5.97 Å². The van der Waals surface area contributed by atoms with Crippen LogP contribution in [0.2, 0.25) is 0 Å². The van der Waals surface area contributed by atoms with E-state index in [0.29, 0.717) is 45.6 Å². The van der Waals surface area contributed by atoms with Crippen LogP contribution in [0.1, 0.15) is 50.7 Å². The van der Waals surface area contributed by atoms with Gasteiger partial charge in [-0.2, -0.15) is 0 Å². The van der Waals surface area contributed by atoms with Gasteiger partial charge in [-0.1, -0.05) is 30.3 Å². The van der Waals surface area contributed by atoms with Gasteiger partial charge in [0, 0.05) is 19.0 Å². The number of hydrogen-bond acceptors (Lipinski definition) is 5. The Bertz CT molecular complexity index is 801. The summed E-state index contributed by atoms with van der Waals surface area (Å²) in [6.45, 7) is 10.3. The zero-order valence-corrected chi connectivity index (χ0v) is 19.3. The third-order valence-electron chi connectivity index (χ3n) is 5.21. The monoisotopic (exact) mass is 428 g/mol. The Kier molecular flexibility index (Phi) is 10.3. The van der Waals surface area contributed by atoms with Crippen molar-refractivity contribution < 1.29 is 18.7 Å². The van der Waals surface area contributed by atoms with Crippen LogP contribution in [0, 0.1) is 6.92 Å². The highest BCUT2D eigenvalue weighted by molar-refractivity contribution is 5.78. The number of amides is 1. The van der Waals surface area contributed by atoms with Crippen molar-refractivity contribution in [1.82, 2.24) is 9.80 Å². The number of furan rings is 1. The lowest BCUT2D eigenvalue weighted by molar-refractivity contribution is -0.143. The number of carbonyl (C=O) groups excluding carboxylic acids is 2. The average molecular weight is 429 g/mol. The fourth-order valence-corrected chi connectivity index (χ4v) is 3.41. The predicted octanol–water partition coefficient (Wildman–Crippen LogP) is 4.21. The number of benzene rings is 1. The number of nitrogens with zero attached hydrogens (tertiary/aromatic N) is 2. The van der Waals surface area contributed by atoms with Crippen LogP contribution < -0.4 is 0 Å². The van der Waals surface area contributed by atoms with Crippen LogP contribution in [-0.4, -0.2) is 54.0 Å². The zero-order valence-electron chi connectivity index (χ0n) is 19.3. The molecule has 0 unspecified atom stereocenters. The minimum atomic E-state index is -0.185. The number of carbonyl (C=O) groups is 2. The van der Waals surface area contributed by atoms with E-state index in [0.717, 1.165) is 17.9 Å². The Balaban J connectivity index is 1.99. The molecule has 0 bridgehead atoms. The Morgan fingerprint density at radius 1 is 1.06 bits per heavy atom. The van der Waals surface area contributed by atoms with Gasteiger partial charge in [-0.25, -0.2) is 0 Å². The second-order valence-electron chi connectivity index (χ2n) is 8.04. The first-order valence-electron chi connectivity index (χ1n) is 11.2. The smallest absolute Gasteiger partial charge is 0.305 e. The third-order valence-corrected chi connectivity index (χ3v) is 5.21. The van der Waals surface area contributed by atoms with Crippen molar-refractivity contribution in [3.05, 3.63) is 59.5 Å². The van der Waals surface area contributed by atoms with E-state index in [1.165, 1.54) is 5.56 Å². The maximum Gasteiger partial charge on any atom is 0.305 e. The molecule has 2 aromatic rings. The fourth-order valence-electron chi connectivity index (χ4n) is 3.41. The summed E-state index contributed by atoms with van der Waals surface area (Å²) in [5.74, 6) is 1.51. The predicted molar refractivity (Wildman–Crippen MR) is 122 cm³/mol. The van der Waals surface area contributed by atoms with Gasteiger partial charge in [-0.15, -0.1) is 0 Å². The van der Waals surface area contributed by atoms with Crippen LogP contribution in [0.15, 0.2) is 46.9 Å². The zero-order chi connectivity index (χ0) is 22.6. The third kappa shape index (κ3) is 8.97. The first-order valence-corrected chi connectivity index (χ1v) is 11.2. The fraction of sp³-hybridized carbons (Fsp3) is 0.520. The van der Waals surface area contributed by atoms with Crippen LogP contribution in [0.25, 0.3) is 0 Å². The highest BCUT2D eigenvalue weighted by atomic mass is 16.5. The van der Waals surface area contributed by atoms with E-state index in [1.54, 1.807) is 0 Å². The normalized spacial score (nSPS) is 11.2. The summed E-state index contributed by atoms with van der Waals surface area (Å²) in [7, 11) is 0. The maximum absolute atomic E-state index is 13.2. The van der Waals surface area contributed by atoms with Crippen molar-refractivity contribution in [1.29, 1.82) is 0 Å². The van der Waals surface area contributed by atoms with Crippen molar-refractivity contribution in [2.75, 3.05) is 26.2 Å². The lowest BCUT2D eigenvalue weighted by Gasteiger charge is -2.29. The van der Waals surface area contributed by atoms with Gasteiger partial charge in [0.25, 0.3) is 0 Å². The van der Waals surface area contributed by atoms with E-state index >= 15 is 0 Å². The van der Waals surface area contributed by atoms with Gasteiger partial charge in [0.15, 0.2) is 0 Å². The van der Waals surface area contributed by atoms with E-state index in [2.05, 4.69) is 30.9 Å². The molecule has 0 spiro atoms. The lowest BCUT2D eigenvalue weighted by atomic mass is 10.1. The lowest BCUT2D eigenvalue weighted by Crippen LogP contribution is -2.43. The number of ether oxygens (including phenoxy) is 1. The molecule has 0 aliphatic carbocycles. The summed E-state index contributed by atoms with van der Waals surface area (Å²) in [4.78, 5) is 28.8. The molecule has 1 heterocycles. The molecule has 1 aromatic heterocycles. The van der Waals surface area contributed by atoms with E-state index in [1.807, 2.05) is 49.1 Å². The summed E-state index contributed by atoms with van der Waals surface area (Å²) in [5, 5.41) is 0. The largest absolute Gasteiger partial charge is 0.466 e. The SMILES string of the molecule is CCOC(=O)CCCN(CC(=O)N(CCc1ccccc1)Cc1ccc(C)o1)C(C)C. The van der Waals surface area contributed by atoms with Crippen molar-refractivity contribution in [3.8, 4) is 0 Å². The Labute approximate surface area is 186 Å². The van der Waals surface area contributed by atoms with Crippen LogP contribution in [0.4, 0.5) is 0 Å². The second kappa shape index (κ2) is 13.0. The molecule has 2 rings (SSSR count). The molecule has 1 amide bonds. The Morgan fingerprint density at radius 3 is 2.42 bits per heavy atom. The van der Waals surface area contributed by atoms with Gasteiger partial charge < -0.3 is 14.1 Å². The standard InChI is InChI=1S/C25H36N2O4/c1-5-30-25(29)12-9-16-26(20(2)3)19-24(28)27(18-23-14-13-21(4)31-23)17-15-22-10-7-6-8-11-22/h6-8,10-11,13-14,20H,5,9,12,15-19H2,1-4H3. The van der Waals surface area contributed by atoms with Crippen molar-refractivity contribution in [2.45, 2.75) is 59.5 Å². The van der Waals surface area contributed by atoms with Crippen LogP contribution in [0.3, 0.4) is 0 Å². The minimum absolute atomic E-state index is 0.0646. The average Bonchev–Trinajstić information content (AvgIpc) is 3.15. The van der Waals surface area contributed by atoms with E-state index in [-0.39, 0.29) is 17.9 Å². The summed E-state index contributed by atoms with van der Waals surface area (Å²) >= 11 is 0. The molecule has 0 saturated carbocycles. The van der Waals surface area contributed by atoms with E-state index in [4.69, 9.17) is 9.15 Å². The highest BCUT2D eigenvalue weighted by Gasteiger charge is 2.21. The van der Waals surface area contributed by atoms with Gasteiger partial charge in [-0.05, 0) is 64.8 Å². The molecule has 0 aliphatic rings. The van der Waals surface area contributed by atoms with E-state index in [9.17, 15) is 9.59 Å². The van der Waals surface area contributed by atoms with Crippen LogP contribution in [0.5, 0.6) is 0 Å². The molecule has 31 heavy (non-hydrogen) atoms. The number of rotatable bonds is 13. The molecule has 0 aliphatic heterocycles. The van der Waals surface area contributed by atoms with Crippen molar-refractivity contribution >= 4 is 11.9 Å². The quantitative estimate of drug-likeness (QED) is 0.447. The first-order chi connectivity index (χ1) is 14.9. The van der Waals surface area contributed by atoms with Crippen molar-refractivity contribution in [2.24, 2.45) is 0 Å². The van der Waals surface area contributed by atoms with Gasteiger partial charge in [0.05, 0.1) is 19.7 Å². The molecular formula is C25H36N2O4. The van der Waals surface area contributed by atoms with Crippen LogP contribution in [-0.2, 0) is 27.3 Å². The van der Waals surface area contributed by atoms with Crippen molar-refractivity contribution in [3.63, 3.8) is 0 Å². The van der Waals surface area contributed by atoms with E-state index < -0.39 is 0 Å². The Morgan fingerprint density at radius 2 is 1.81 bits per heavy atom. The van der Waals surface area contributed by atoms with Crippen LogP contribution >= 0.6 is 0 Å². The maximum atomic E-state index is 13.2. The second-order valence-corrected chi connectivity index (χ2v) is 8.04. The summed E-state index contributed by atoms with van der Waals surface area (Å²) in [6, 6.07) is 14.2. The molecule has 170 valence electrons. The molecule has 6 heteroatoms. The Hall–Kier alpha value is -2.60. The summed E-state index contributed by atoms with van der Waals surface area (Å²) < 4.78 is 10.7. The molecule has 0 radical (unpaired) electrons. The minimum Gasteiger partial charge on any atom is -0.466 e. The number of esters is 1. The molecule has 1 aromatic carbocycles. The topological polar surface area (TPSA) is 63.0 Å². The van der Waals surface area contributed by atoms with Gasteiger partial charge in [0.2, 0.25) is 5.91 Å². The highest BCUT2D eigenvalue weighted by Crippen LogP contribution is 2.13. The summed E-state index contributed by atoms with van der Waals surface area (Å²) in [6.07, 6.45) is 1.83. The summed E-state index contributed by atoms with van der Waals surface area (Å²) in [5.41, 5.74) is 1.20. The van der Waals surface area contributed by atoms with Gasteiger partial charge in [0.1, 0.15) is 11.5 Å². The molecule has 0 fully saturated rings. The number of hydrogen-bond donors (Lipinski definition) is 0. The first kappa shape index (κ1) is 24.7. The molecule has 0 N–H and O–H groups in total. The molecular weight excluding hydrogens is 392 g/mol.